The number of nitrogens with zero attached hydrogens (tertiary/aromatic N) is 1. The van der Waals surface area contributed by atoms with Crippen molar-refractivity contribution in [3.8, 4) is 0 Å². The second kappa shape index (κ2) is 7.70. The van der Waals surface area contributed by atoms with Crippen LogP contribution in [0.5, 0.6) is 0 Å². The average molecular weight is 338 g/mol. The Bertz CT molecular complexity index is 732. The molecule has 1 amide bonds. The molecule has 0 bridgehead atoms. The van der Waals surface area contributed by atoms with Gasteiger partial charge in [-0.1, -0.05) is 32.0 Å². The summed E-state index contributed by atoms with van der Waals surface area (Å²) in [5.74, 6) is 0.295. The topological polar surface area (TPSA) is 41.6 Å². The predicted octanol–water partition coefficient (Wildman–Crippen LogP) is 4.21. The fourth-order valence-corrected chi connectivity index (χ4v) is 3.17. The summed E-state index contributed by atoms with van der Waals surface area (Å²) in [7, 11) is 0. The van der Waals surface area contributed by atoms with Crippen LogP contribution in [0.1, 0.15) is 41.3 Å². The number of rotatable bonds is 4. The van der Waals surface area contributed by atoms with E-state index < -0.39 is 0 Å². The zero-order chi connectivity index (χ0) is 17.8. The number of hydrogen-bond acceptors (Lipinski definition) is 3. The molecule has 132 valence electrons. The van der Waals surface area contributed by atoms with Crippen molar-refractivity contribution in [3.63, 3.8) is 0 Å². The van der Waals surface area contributed by atoms with Crippen LogP contribution in [0.25, 0.3) is 0 Å². The van der Waals surface area contributed by atoms with Crippen LogP contribution in [0.15, 0.2) is 42.5 Å². The Kier molecular flexibility index (Phi) is 5.39. The van der Waals surface area contributed by atoms with E-state index in [4.69, 9.17) is 4.74 Å². The van der Waals surface area contributed by atoms with Crippen molar-refractivity contribution in [2.45, 2.75) is 26.7 Å². The highest BCUT2D eigenvalue weighted by atomic mass is 16.5. The number of morpholine rings is 1. The Morgan fingerprint density at radius 3 is 2.40 bits per heavy atom. The van der Waals surface area contributed by atoms with Gasteiger partial charge in [0.25, 0.3) is 5.91 Å². The smallest absolute Gasteiger partial charge is 0.255 e. The molecule has 0 spiro atoms. The number of carbonyl (C=O) groups excluding carboxylic acids is 1. The van der Waals surface area contributed by atoms with Crippen molar-refractivity contribution in [1.29, 1.82) is 0 Å². The molecule has 0 aromatic heterocycles. The lowest BCUT2D eigenvalue weighted by Crippen LogP contribution is -2.36. The van der Waals surface area contributed by atoms with E-state index in [0.717, 1.165) is 43.2 Å². The molecular formula is C21H26N2O2. The van der Waals surface area contributed by atoms with Gasteiger partial charge in [-0.3, -0.25) is 4.79 Å². The third kappa shape index (κ3) is 4.02. The molecule has 1 saturated heterocycles. The fourth-order valence-electron chi connectivity index (χ4n) is 3.17. The van der Waals surface area contributed by atoms with Crippen molar-refractivity contribution in [2.75, 3.05) is 36.5 Å². The number of para-hydroxylation sites is 1. The first-order valence-corrected chi connectivity index (χ1v) is 8.90. The van der Waals surface area contributed by atoms with Gasteiger partial charge in [-0.25, -0.2) is 0 Å². The van der Waals surface area contributed by atoms with E-state index in [9.17, 15) is 4.79 Å². The van der Waals surface area contributed by atoms with Crippen molar-refractivity contribution in [1.82, 2.24) is 0 Å². The summed E-state index contributed by atoms with van der Waals surface area (Å²) < 4.78 is 5.39. The van der Waals surface area contributed by atoms with Crippen LogP contribution < -0.4 is 10.2 Å². The molecule has 1 heterocycles. The fraction of sp³-hybridized carbons (Fsp3) is 0.381. The first-order chi connectivity index (χ1) is 12.1. The van der Waals surface area contributed by atoms with Crippen LogP contribution in [0, 0.1) is 6.92 Å². The van der Waals surface area contributed by atoms with Gasteiger partial charge in [0, 0.05) is 30.0 Å². The van der Waals surface area contributed by atoms with Gasteiger partial charge < -0.3 is 15.0 Å². The summed E-state index contributed by atoms with van der Waals surface area (Å²) >= 11 is 0. The summed E-state index contributed by atoms with van der Waals surface area (Å²) in [5, 5.41) is 3.10. The van der Waals surface area contributed by atoms with E-state index in [1.165, 1.54) is 5.56 Å². The molecule has 1 aliphatic rings. The van der Waals surface area contributed by atoms with Crippen LogP contribution in [-0.4, -0.2) is 32.2 Å². The van der Waals surface area contributed by atoms with Crippen molar-refractivity contribution in [3.05, 3.63) is 59.2 Å². The molecule has 0 radical (unpaired) electrons. The maximum atomic E-state index is 12.7. The van der Waals surface area contributed by atoms with Gasteiger partial charge in [-0.2, -0.15) is 0 Å². The highest BCUT2D eigenvalue weighted by Gasteiger charge is 2.15. The minimum Gasteiger partial charge on any atom is -0.378 e. The molecule has 3 rings (SSSR count). The zero-order valence-electron chi connectivity index (χ0n) is 15.2. The molecule has 0 atom stereocenters. The van der Waals surface area contributed by atoms with Gasteiger partial charge in [-0.05, 0) is 48.2 Å². The molecule has 25 heavy (non-hydrogen) atoms. The molecule has 0 saturated carbocycles. The molecule has 2 aromatic rings. The van der Waals surface area contributed by atoms with Gasteiger partial charge in [0.15, 0.2) is 0 Å². The predicted molar refractivity (Wildman–Crippen MR) is 103 cm³/mol. The number of ether oxygens (including phenoxy) is 1. The first kappa shape index (κ1) is 17.5. The van der Waals surface area contributed by atoms with Gasteiger partial charge >= 0.3 is 0 Å². The van der Waals surface area contributed by atoms with Gasteiger partial charge in [0.2, 0.25) is 0 Å². The molecule has 0 unspecified atom stereocenters. The highest BCUT2D eigenvalue weighted by molar-refractivity contribution is 6.05. The molecule has 1 aliphatic heterocycles. The first-order valence-electron chi connectivity index (χ1n) is 8.90. The van der Waals surface area contributed by atoms with Crippen LogP contribution >= 0.6 is 0 Å². The Hall–Kier alpha value is -2.33. The van der Waals surface area contributed by atoms with E-state index in [0.29, 0.717) is 11.5 Å². The maximum Gasteiger partial charge on any atom is 0.255 e. The number of nitrogens with one attached hydrogen (secondary N) is 1. The molecule has 2 aromatic carbocycles. The lowest BCUT2D eigenvalue weighted by atomic mass is 9.98. The second-order valence-corrected chi connectivity index (χ2v) is 6.79. The Balaban J connectivity index is 1.76. The molecule has 1 fully saturated rings. The maximum absolute atomic E-state index is 12.7. The van der Waals surface area contributed by atoms with Gasteiger partial charge in [-0.15, -0.1) is 0 Å². The van der Waals surface area contributed by atoms with E-state index in [1.807, 2.05) is 43.3 Å². The highest BCUT2D eigenvalue weighted by Crippen LogP contribution is 2.28. The van der Waals surface area contributed by atoms with Crippen LogP contribution in [0.2, 0.25) is 0 Å². The monoisotopic (exact) mass is 338 g/mol. The van der Waals surface area contributed by atoms with Gasteiger partial charge in [0.1, 0.15) is 0 Å². The number of amides is 1. The van der Waals surface area contributed by atoms with Crippen LogP contribution in [-0.2, 0) is 4.74 Å². The Morgan fingerprint density at radius 1 is 1.08 bits per heavy atom. The zero-order valence-corrected chi connectivity index (χ0v) is 15.2. The minimum absolute atomic E-state index is 0.0651. The van der Waals surface area contributed by atoms with E-state index in [2.05, 4.69) is 30.1 Å². The summed E-state index contributed by atoms with van der Waals surface area (Å²) in [6, 6.07) is 14.0. The Labute approximate surface area is 149 Å². The third-order valence-corrected chi connectivity index (χ3v) is 4.67. The van der Waals surface area contributed by atoms with E-state index >= 15 is 0 Å². The lowest BCUT2D eigenvalue weighted by molar-refractivity contribution is 0.102. The number of carbonyl (C=O) groups is 1. The molecule has 4 nitrogen and oxygen atoms in total. The second-order valence-electron chi connectivity index (χ2n) is 6.79. The molecule has 1 N–H and O–H groups in total. The largest absolute Gasteiger partial charge is 0.378 e. The standard InChI is InChI=1S/C21H26N2O2/c1-15(2)19-6-4-5-16(3)20(19)22-21(24)17-7-9-18(10-8-17)23-11-13-25-14-12-23/h4-10,15H,11-14H2,1-3H3,(H,22,24). The number of anilines is 2. The lowest BCUT2D eigenvalue weighted by Gasteiger charge is -2.28. The van der Waals surface area contributed by atoms with Crippen molar-refractivity contribution in [2.24, 2.45) is 0 Å². The minimum atomic E-state index is -0.0651. The molecule has 4 heteroatoms. The van der Waals surface area contributed by atoms with E-state index in [-0.39, 0.29) is 5.91 Å². The van der Waals surface area contributed by atoms with Gasteiger partial charge in [0.05, 0.1) is 13.2 Å². The molecular weight excluding hydrogens is 312 g/mol. The normalized spacial score (nSPS) is 14.6. The Morgan fingerprint density at radius 2 is 1.76 bits per heavy atom. The summed E-state index contributed by atoms with van der Waals surface area (Å²) in [6.07, 6.45) is 0. The van der Waals surface area contributed by atoms with Crippen LogP contribution in [0.4, 0.5) is 11.4 Å². The van der Waals surface area contributed by atoms with Crippen molar-refractivity contribution < 1.29 is 9.53 Å². The number of benzene rings is 2. The quantitative estimate of drug-likeness (QED) is 0.908. The van der Waals surface area contributed by atoms with Crippen molar-refractivity contribution >= 4 is 17.3 Å². The SMILES string of the molecule is Cc1cccc(C(C)C)c1NC(=O)c1ccc(N2CCOCC2)cc1. The molecule has 0 aliphatic carbocycles. The number of hydrogen-bond donors (Lipinski definition) is 1. The van der Waals surface area contributed by atoms with E-state index in [1.54, 1.807) is 0 Å². The van der Waals surface area contributed by atoms with Crippen LogP contribution in [0.3, 0.4) is 0 Å². The summed E-state index contributed by atoms with van der Waals surface area (Å²) in [6.45, 7) is 9.62. The third-order valence-electron chi connectivity index (χ3n) is 4.67. The number of aryl methyl sites for hydroxylation is 1. The summed E-state index contributed by atoms with van der Waals surface area (Å²) in [5.41, 5.74) is 5.00. The average Bonchev–Trinajstić information content (AvgIpc) is 2.64. The summed E-state index contributed by atoms with van der Waals surface area (Å²) in [4.78, 5) is 15.0.